The molecular weight excluding hydrogens is 789 g/mol. The molecule has 5 nitrogen and oxygen atoms in total. The Labute approximate surface area is 365 Å². The molecule has 0 saturated heterocycles. The highest BCUT2D eigenvalue weighted by atomic mass is 32.1. The fraction of sp³-hybridized carbons (Fsp3) is 0. The van der Waals surface area contributed by atoms with Crippen molar-refractivity contribution in [2.45, 2.75) is 0 Å². The van der Waals surface area contributed by atoms with Gasteiger partial charge in [-0.05, 0) is 82.9 Å². The van der Waals surface area contributed by atoms with Gasteiger partial charge >= 0.3 is 0 Å². The van der Waals surface area contributed by atoms with Crippen LogP contribution in [0.5, 0.6) is 0 Å². The predicted molar refractivity (Wildman–Crippen MR) is 262 cm³/mol. The third kappa shape index (κ3) is 5.80. The van der Waals surface area contributed by atoms with Crippen LogP contribution >= 0.6 is 11.3 Å². The Bertz CT molecular complexity index is 3870. The Morgan fingerprint density at radius 2 is 0.968 bits per heavy atom. The van der Waals surface area contributed by atoms with Crippen LogP contribution in [0.2, 0.25) is 0 Å². The third-order valence-corrected chi connectivity index (χ3v) is 13.4. The van der Waals surface area contributed by atoms with Crippen LogP contribution in [0.4, 0.5) is 0 Å². The van der Waals surface area contributed by atoms with Gasteiger partial charge in [0.25, 0.3) is 0 Å². The summed E-state index contributed by atoms with van der Waals surface area (Å²) in [6, 6.07) is 72.6. The molecule has 0 amide bonds. The summed E-state index contributed by atoms with van der Waals surface area (Å²) in [5, 5.41) is 6.94. The molecule has 0 bridgehead atoms. The number of aromatic nitrogens is 4. The monoisotopic (exact) mass is 822 g/mol. The molecule has 0 fully saturated rings. The molecule has 0 saturated carbocycles. The Morgan fingerprint density at radius 1 is 0.349 bits per heavy atom. The van der Waals surface area contributed by atoms with Crippen LogP contribution in [0, 0.1) is 0 Å². The van der Waals surface area contributed by atoms with Crippen molar-refractivity contribution in [2.75, 3.05) is 0 Å². The summed E-state index contributed by atoms with van der Waals surface area (Å²) in [7, 11) is 0. The highest BCUT2D eigenvalue weighted by molar-refractivity contribution is 7.26. The number of hydrogen-bond acceptors (Lipinski definition) is 5. The van der Waals surface area contributed by atoms with Gasteiger partial charge in [0.2, 0.25) is 0 Å². The maximum Gasteiger partial charge on any atom is 0.164 e. The van der Waals surface area contributed by atoms with Crippen molar-refractivity contribution < 1.29 is 4.42 Å². The zero-order valence-electron chi connectivity index (χ0n) is 33.7. The molecule has 0 unspecified atom stereocenters. The van der Waals surface area contributed by atoms with Crippen LogP contribution in [0.15, 0.2) is 211 Å². The number of benzene rings is 9. The minimum atomic E-state index is 0.583. The molecule has 0 spiro atoms. The SMILES string of the molecule is c1ccc(-c2ccc3sc4cccc(-c5ccc6oc7cccc(-c8nc(-c9ccccc9)nc(-c9cccc(-n%10c%11ccccc%11c%11ccccc%11%10)c9)n8)c7c6c5)c4c3c2)cc1. The van der Waals surface area contributed by atoms with Gasteiger partial charge < -0.3 is 8.98 Å². The number of hydrogen-bond donors (Lipinski definition) is 0. The molecule has 4 heterocycles. The smallest absolute Gasteiger partial charge is 0.164 e. The van der Waals surface area contributed by atoms with Gasteiger partial charge in [0.15, 0.2) is 17.5 Å². The van der Waals surface area contributed by atoms with Crippen LogP contribution < -0.4 is 0 Å². The molecule has 0 radical (unpaired) electrons. The normalized spacial score (nSPS) is 11.8. The van der Waals surface area contributed by atoms with Gasteiger partial charge in [-0.15, -0.1) is 11.3 Å². The Balaban J connectivity index is 0.991. The maximum absolute atomic E-state index is 6.60. The van der Waals surface area contributed by atoms with E-state index in [0.717, 1.165) is 60.9 Å². The average Bonchev–Trinajstić information content (AvgIpc) is 4.04. The zero-order valence-corrected chi connectivity index (χ0v) is 34.6. The number of fused-ring (bicyclic) bond motifs is 9. The van der Waals surface area contributed by atoms with Crippen molar-refractivity contribution in [3.8, 4) is 62.1 Å². The van der Waals surface area contributed by atoms with E-state index in [-0.39, 0.29) is 0 Å². The summed E-state index contributed by atoms with van der Waals surface area (Å²) < 4.78 is 11.5. The summed E-state index contributed by atoms with van der Waals surface area (Å²) >= 11 is 1.84. The van der Waals surface area contributed by atoms with Crippen molar-refractivity contribution >= 4 is 75.3 Å². The lowest BCUT2D eigenvalue weighted by Gasteiger charge is -2.12. The van der Waals surface area contributed by atoms with E-state index in [1.807, 2.05) is 41.7 Å². The van der Waals surface area contributed by atoms with Gasteiger partial charge in [0.05, 0.1) is 11.0 Å². The Morgan fingerprint density at radius 3 is 1.76 bits per heavy atom. The van der Waals surface area contributed by atoms with Gasteiger partial charge in [-0.3, -0.25) is 0 Å². The first-order chi connectivity index (χ1) is 31.2. The molecule has 9 aromatic carbocycles. The maximum atomic E-state index is 6.60. The Hall–Kier alpha value is -8.19. The molecule has 63 heavy (non-hydrogen) atoms. The first-order valence-electron chi connectivity index (χ1n) is 21.1. The number of furan rings is 1. The lowest BCUT2D eigenvalue weighted by atomic mass is 9.96. The first-order valence-corrected chi connectivity index (χ1v) is 21.9. The number of para-hydroxylation sites is 2. The zero-order chi connectivity index (χ0) is 41.4. The summed E-state index contributed by atoms with van der Waals surface area (Å²) in [4.78, 5) is 15.6. The topological polar surface area (TPSA) is 56.7 Å². The van der Waals surface area contributed by atoms with Crippen LogP contribution in [0.3, 0.4) is 0 Å². The van der Waals surface area contributed by atoms with Gasteiger partial charge in [-0.25, -0.2) is 15.0 Å². The molecule has 294 valence electrons. The molecule has 0 aliphatic heterocycles. The van der Waals surface area contributed by atoms with Crippen molar-refractivity contribution in [2.24, 2.45) is 0 Å². The van der Waals surface area contributed by atoms with E-state index < -0.39 is 0 Å². The summed E-state index contributed by atoms with van der Waals surface area (Å²) in [5.41, 5.74) is 12.4. The number of nitrogens with zero attached hydrogens (tertiary/aromatic N) is 4. The fourth-order valence-electron chi connectivity index (χ4n) is 9.38. The van der Waals surface area contributed by atoms with E-state index in [1.165, 1.54) is 47.6 Å². The first kappa shape index (κ1) is 35.6. The van der Waals surface area contributed by atoms with E-state index in [9.17, 15) is 0 Å². The van der Waals surface area contributed by atoms with Crippen LogP contribution in [0.25, 0.3) is 126 Å². The van der Waals surface area contributed by atoms with Crippen molar-refractivity contribution in [1.29, 1.82) is 0 Å². The summed E-state index contributed by atoms with van der Waals surface area (Å²) in [6.07, 6.45) is 0. The largest absolute Gasteiger partial charge is 0.456 e. The predicted octanol–water partition coefficient (Wildman–Crippen LogP) is 15.6. The van der Waals surface area contributed by atoms with Crippen LogP contribution in [0.1, 0.15) is 0 Å². The molecule has 13 rings (SSSR count). The molecule has 13 aromatic rings. The molecule has 0 aliphatic carbocycles. The Kier molecular flexibility index (Phi) is 8.01. The minimum Gasteiger partial charge on any atom is -0.456 e. The second-order valence-electron chi connectivity index (χ2n) is 15.9. The third-order valence-electron chi connectivity index (χ3n) is 12.3. The fourth-order valence-corrected chi connectivity index (χ4v) is 10.5. The highest BCUT2D eigenvalue weighted by Crippen LogP contribution is 2.44. The molecule has 0 aliphatic rings. The lowest BCUT2D eigenvalue weighted by molar-refractivity contribution is 0.669. The summed E-state index contributed by atoms with van der Waals surface area (Å²) in [6.45, 7) is 0. The molecule has 4 aromatic heterocycles. The number of rotatable bonds is 6. The van der Waals surface area contributed by atoms with Crippen LogP contribution in [-0.2, 0) is 0 Å². The van der Waals surface area contributed by atoms with Gasteiger partial charge in [0.1, 0.15) is 11.2 Å². The van der Waals surface area contributed by atoms with E-state index in [0.29, 0.717) is 17.5 Å². The summed E-state index contributed by atoms with van der Waals surface area (Å²) in [5.74, 6) is 1.78. The molecule has 0 atom stereocenters. The van der Waals surface area contributed by atoms with Crippen molar-refractivity contribution in [3.63, 3.8) is 0 Å². The second-order valence-corrected chi connectivity index (χ2v) is 17.0. The minimum absolute atomic E-state index is 0.583. The molecule has 6 heteroatoms. The molecular formula is C57H34N4OS. The van der Waals surface area contributed by atoms with Gasteiger partial charge in [-0.1, -0.05) is 146 Å². The van der Waals surface area contributed by atoms with Crippen LogP contribution in [-0.4, -0.2) is 19.5 Å². The van der Waals surface area contributed by atoms with E-state index in [2.05, 4.69) is 180 Å². The quantitative estimate of drug-likeness (QED) is 0.168. The van der Waals surface area contributed by atoms with E-state index >= 15 is 0 Å². The second kappa shape index (κ2) is 14.2. The van der Waals surface area contributed by atoms with Crippen molar-refractivity contribution in [1.82, 2.24) is 19.5 Å². The van der Waals surface area contributed by atoms with Gasteiger partial charge in [-0.2, -0.15) is 0 Å². The van der Waals surface area contributed by atoms with E-state index in [4.69, 9.17) is 19.4 Å². The van der Waals surface area contributed by atoms with Crippen molar-refractivity contribution in [3.05, 3.63) is 206 Å². The standard InChI is InChI=1S/C57H34N4OS/c1-3-14-35(15-4-1)37-29-31-51-46(33-37)54-41(22-13-27-52(54)63-51)38-28-30-49-45(34-38)53-44(23-12-26-50(53)62-49)57-59-55(36-16-5-2-6-17-36)58-56(60-57)39-18-11-19-40(32-39)61-47-24-9-7-20-42(47)43-21-8-10-25-48(43)61/h1-34H. The lowest BCUT2D eigenvalue weighted by Crippen LogP contribution is -2.01. The van der Waals surface area contributed by atoms with E-state index in [1.54, 1.807) is 0 Å². The number of thiophene rings is 1. The average molecular weight is 823 g/mol. The highest BCUT2D eigenvalue weighted by Gasteiger charge is 2.20. The molecule has 0 N–H and O–H groups in total. The van der Waals surface area contributed by atoms with Gasteiger partial charge in [0, 0.05) is 64.1 Å².